The van der Waals surface area contributed by atoms with Crippen LogP contribution < -0.4 is 5.32 Å². The highest BCUT2D eigenvalue weighted by atomic mass is 16.1. The zero-order chi connectivity index (χ0) is 10.4. The van der Waals surface area contributed by atoms with Crippen LogP contribution in [0.1, 0.15) is 27.7 Å². The van der Waals surface area contributed by atoms with Crippen molar-refractivity contribution >= 4 is 6.29 Å². The van der Waals surface area contributed by atoms with E-state index in [1.54, 1.807) is 0 Å². The highest BCUT2D eigenvalue weighted by molar-refractivity contribution is 5.52. The van der Waals surface area contributed by atoms with E-state index in [9.17, 15) is 4.79 Å². The molecule has 0 saturated heterocycles. The molecule has 2 heteroatoms. The van der Waals surface area contributed by atoms with E-state index in [4.69, 9.17) is 0 Å². The van der Waals surface area contributed by atoms with Crippen molar-refractivity contribution in [1.82, 2.24) is 5.32 Å². The molecule has 0 saturated carbocycles. The van der Waals surface area contributed by atoms with Crippen LogP contribution in [0.5, 0.6) is 0 Å². The summed E-state index contributed by atoms with van der Waals surface area (Å²) in [6.07, 6.45) is 0.873. The van der Waals surface area contributed by atoms with Gasteiger partial charge in [0.25, 0.3) is 0 Å². The number of carbonyl (C=O) groups excluding carboxylic acids is 1. The van der Waals surface area contributed by atoms with E-state index in [0.29, 0.717) is 6.54 Å². The summed E-state index contributed by atoms with van der Waals surface area (Å²) in [6, 6.07) is 0.202. The van der Waals surface area contributed by atoms with E-state index in [1.807, 2.05) is 13.8 Å². The van der Waals surface area contributed by atoms with Crippen LogP contribution in [-0.2, 0) is 4.79 Å². The molecule has 0 fully saturated rings. The van der Waals surface area contributed by atoms with E-state index in [-0.39, 0.29) is 6.04 Å². The molecule has 1 atom stereocenters. The number of allylic oxidation sites excluding steroid dienone is 1. The molecule has 2 nitrogen and oxygen atoms in total. The molecule has 0 rings (SSSR count). The summed E-state index contributed by atoms with van der Waals surface area (Å²) in [5, 5.41) is 3.11. The number of nitrogens with one attached hydrogen (secondary N) is 1. The van der Waals surface area contributed by atoms with Crippen molar-refractivity contribution in [1.29, 1.82) is 0 Å². The third kappa shape index (κ3) is 4.04. The first-order valence-electron chi connectivity index (χ1n) is 4.51. The van der Waals surface area contributed by atoms with E-state index in [1.165, 1.54) is 11.1 Å². The van der Waals surface area contributed by atoms with Gasteiger partial charge >= 0.3 is 0 Å². The Morgan fingerprint density at radius 2 is 2.00 bits per heavy atom. The fourth-order valence-corrected chi connectivity index (χ4v) is 1.56. The van der Waals surface area contributed by atoms with Gasteiger partial charge in [-0.25, -0.2) is 0 Å². The molecule has 13 heavy (non-hydrogen) atoms. The zero-order valence-electron chi connectivity index (χ0n) is 8.98. The Balaban J connectivity index is 4.49. The third-order valence-electron chi connectivity index (χ3n) is 1.94. The van der Waals surface area contributed by atoms with Crippen LogP contribution in [0.15, 0.2) is 23.3 Å². The first-order chi connectivity index (χ1) is 6.00. The second kappa shape index (κ2) is 5.70. The summed E-state index contributed by atoms with van der Waals surface area (Å²) in [5.41, 5.74) is 3.52. The van der Waals surface area contributed by atoms with Crippen molar-refractivity contribution in [3.05, 3.63) is 23.3 Å². The largest absolute Gasteiger partial charge is 0.304 e. The molecule has 1 unspecified atom stereocenters. The molecule has 0 amide bonds. The summed E-state index contributed by atoms with van der Waals surface area (Å²) in [6.45, 7) is 12.5. The molecule has 0 aliphatic heterocycles. The van der Waals surface area contributed by atoms with Crippen molar-refractivity contribution in [2.45, 2.75) is 33.7 Å². The highest BCUT2D eigenvalue weighted by Crippen LogP contribution is 2.16. The molecule has 74 valence electrons. The van der Waals surface area contributed by atoms with Crippen molar-refractivity contribution in [2.24, 2.45) is 0 Å². The lowest BCUT2D eigenvalue weighted by molar-refractivity contribution is -0.107. The Labute approximate surface area is 80.7 Å². The van der Waals surface area contributed by atoms with Gasteiger partial charge in [-0.3, -0.25) is 0 Å². The maximum Gasteiger partial charge on any atom is 0.133 e. The van der Waals surface area contributed by atoms with Gasteiger partial charge in [-0.1, -0.05) is 17.7 Å². The standard InChI is InChI=1S/C11H19NO/c1-8(2)11(9(3)4)10(5)12-6-7-13/h7,10,12H,1,6H2,2-5H3. The summed E-state index contributed by atoms with van der Waals surface area (Å²) in [4.78, 5) is 10.2. The number of rotatable bonds is 5. The lowest BCUT2D eigenvalue weighted by Gasteiger charge is -2.18. The zero-order valence-corrected chi connectivity index (χ0v) is 8.98. The Kier molecular flexibility index (Phi) is 5.31. The van der Waals surface area contributed by atoms with Crippen LogP contribution in [0.25, 0.3) is 0 Å². The average Bonchev–Trinajstić information content (AvgIpc) is 1.99. The first kappa shape index (κ1) is 12.1. The van der Waals surface area contributed by atoms with Gasteiger partial charge in [0.05, 0.1) is 6.54 Å². The van der Waals surface area contributed by atoms with Crippen LogP contribution in [0.2, 0.25) is 0 Å². The quantitative estimate of drug-likeness (QED) is 0.519. The molecule has 0 bridgehead atoms. The Hall–Kier alpha value is -0.890. The van der Waals surface area contributed by atoms with Crippen LogP contribution in [-0.4, -0.2) is 18.9 Å². The summed E-state index contributed by atoms with van der Waals surface area (Å²) in [5.74, 6) is 0. The van der Waals surface area contributed by atoms with E-state index in [2.05, 4.69) is 25.7 Å². The monoisotopic (exact) mass is 181 g/mol. The number of hydrogen-bond donors (Lipinski definition) is 1. The Bertz CT molecular complexity index is 224. The topological polar surface area (TPSA) is 29.1 Å². The number of carbonyl (C=O) groups is 1. The van der Waals surface area contributed by atoms with Crippen molar-refractivity contribution in [3.8, 4) is 0 Å². The minimum Gasteiger partial charge on any atom is -0.304 e. The maximum absolute atomic E-state index is 10.2. The molecule has 0 aromatic heterocycles. The van der Waals surface area contributed by atoms with Crippen LogP contribution in [0, 0.1) is 0 Å². The van der Waals surface area contributed by atoms with Gasteiger partial charge in [0, 0.05) is 6.04 Å². The fourth-order valence-electron chi connectivity index (χ4n) is 1.56. The highest BCUT2D eigenvalue weighted by Gasteiger charge is 2.09. The Morgan fingerprint density at radius 1 is 1.46 bits per heavy atom. The third-order valence-corrected chi connectivity index (χ3v) is 1.94. The van der Waals surface area contributed by atoms with Gasteiger partial charge in [-0.15, -0.1) is 0 Å². The molecular weight excluding hydrogens is 162 g/mol. The van der Waals surface area contributed by atoms with Crippen molar-refractivity contribution in [3.63, 3.8) is 0 Å². The van der Waals surface area contributed by atoms with Gasteiger partial charge in [0.15, 0.2) is 0 Å². The van der Waals surface area contributed by atoms with Crippen molar-refractivity contribution in [2.75, 3.05) is 6.54 Å². The van der Waals surface area contributed by atoms with Crippen LogP contribution >= 0.6 is 0 Å². The van der Waals surface area contributed by atoms with Crippen LogP contribution in [0.3, 0.4) is 0 Å². The van der Waals surface area contributed by atoms with Gasteiger partial charge in [-0.05, 0) is 33.3 Å². The summed E-state index contributed by atoms with van der Waals surface area (Å²) in [7, 11) is 0. The average molecular weight is 181 g/mol. The van der Waals surface area contributed by atoms with Gasteiger partial charge in [-0.2, -0.15) is 0 Å². The van der Waals surface area contributed by atoms with Crippen LogP contribution in [0.4, 0.5) is 0 Å². The predicted molar refractivity (Wildman–Crippen MR) is 56.7 cm³/mol. The molecule has 1 N–H and O–H groups in total. The first-order valence-corrected chi connectivity index (χ1v) is 4.51. The number of aldehydes is 1. The molecule has 0 heterocycles. The number of hydrogen-bond acceptors (Lipinski definition) is 2. The predicted octanol–water partition coefficient (Wildman–Crippen LogP) is 2.08. The molecule has 0 aromatic rings. The second-order valence-electron chi connectivity index (χ2n) is 3.49. The molecule has 0 aromatic carbocycles. The van der Waals surface area contributed by atoms with Gasteiger partial charge in [0.1, 0.15) is 6.29 Å². The van der Waals surface area contributed by atoms with E-state index >= 15 is 0 Å². The van der Waals surface area contributed by atoms with E-state index in [0.717, 1.165) is 11.9 Å². The normalized spacial score (nSPS) is 12.0. The summed E-state index contributed by atoms with van der Waals surface area (Å²) >= 11 is 0. The lowest BCUT2D eigenvalue weighted by Crippen LogP contribution is -2.30. The molecule has 0 spiro atoms. The minimum absolute atomic E-state index is 0.202. The van der Waals surface area contributed by atoms with Gasteiger partial charge in [0.2, 0.25) is 0 Å². The Morgan fingerprint density at radius 3 is 2.31 bits per heavy atom. The second-order valence-corrected chi connectivity index (χ2v) is 3.49. The smallest absolute Gasteiger partial charge is 0.133 e. The lowest BCUT2D eigenvalue weighted by atomic mass is 9.97. The molecule has 0 radical (unpaired) electrons. The fraction of sp³-hybridized carbons (Fsp3) is 0.545. The molecule has 0 aliphatic carbocycles. The maximum atomic E-state index is 10.2. The SMILES string of the molecule is C=C(C)C(=C(C)C)C(C)NCC=O. The molecular formula is C11H19NO. The summed E-state index contributed by atoms with van der Waals surface area (Å²) < 4.78 is 0. The molecule has 0 aliphatic rings. The van der Waals surface area contributed by atoms with E-state index < -0.39 is 0 Å². The van der Waals surface area contributed by atoms with Crippen molar-refractivity contribution < 1.29 is 4.79 Å². The minimum atomic E-state index is 0.202. The van der Waals surface area contributed by atoms with Gasteiger partial charge < -0.3 is 10.1 Å².